The lowest BCUT2D eigenvalue weighted by Gasteiger charge is -2.71. The monoisotopic (exact) mass is 1190 g/mol. The number of hydrogen-bond donors (Lipinski definition) is 14. The van der Waals surface area contributed by atoms with Crippen LogP contribution in [0.2, 0.25) is 0 Å². The summed E-state index contributed by atoms with van der Waals surface area (Å²) in [6, 6.07) is 0. The molecule has 32 atom stereocenters. The molecule has 9 fully saturated rings. The normalized spacial score (nSPS) is 55.1. The summed E-state index contributed by atoms with van der Waals surface area (Å²) >= 11 is 0. The highest BCUT2D eigenvalue weighted by Gasteiger charge is 2.72. The molecule has 0 spiro atoms. The molecule has 0 aromatic heterocycles. The summed E-state index contributed by atoms with van der Waals surface area (Å²) in [6.07, 6.45) is -29.2. The van der Waals surface area contributed by atoms with Gasteiger partial charge in [0.2, 0.25) is 6.29 Å². The van der Waals surface area contributed by atoms with Gasteiger partial charge in [-0.05, 0) is 116 Å². The number of rotatable bonds is 11. The van der Waals surface area contributed by atoms with Crippen LogP contribution in [0.1, 0.15) is 120 Å². The lowest BCUT2D eigenvalue weighted by atomic mass is 9.33. The fourth-order valence-corrected chi connectivity index (χ4v) is 17.5. The van der Waals surface area contributed by atoms with Crippen molar-refractivity contribution in [2.75, 3.05) is 19.8 Å². The van der Waals surface area contributed by atoms with Crippen LogP contribution in [0.4, 0.5) is 0 Å². The second-order valence-electron chi connectivity index (χ2n) is 28.3. The summed E-state index contributed by atoms with van der Waals surface area (Å²) in [4.78, 5) is 15.4. The Morgan fingerprint density at radius 3 is 1.72 bits per heavy atom. The third-order valence-electron chi connectivity index (χ3n) is 22.7. The van der Waals surface area contributed by atoms with Crippen LogP contribution >= 0.6 is 0 Å². The summed E-state index contributed by atoms with van der Waals surface area (Å²) in [5.41, 5.74) is -2.28. The van der Waals surface area contributed by atoms with E-state index in [2.05, 4.69) is 54.5 Å². The highest BCUT2D eigenvalue weighted by Crippen LogP contribution is 2.76. The number of aliphatic hydroxyl groups is 14. The number of hydrogen-bond acceptors (Lipinski definition) is 25. The summed E-state index contributed by atoms with van der Waals surface area (Å²) in [6.45, 7) is 17.2. The Balaban J connectivity index is 0.845. The van der Waals surface area contributed by atoms with E-state index in [0.29, 0.717) is 25.7 Å². The zero-order valence-electron chi connectivity index (χ0n) is 49.0. The van der Waals surface area contributed by atoms with Crippen molar-refractivity contribution in [3.8, 4) is 0 Å². The summed E-state index contributed by atoms with van der Waals surface area (Å²) < 4.78 is 59.6. The predicted molar refractivity (Wildman–Crippen MR) is 282 cm³/mol. The molecular formula is C58H94O25. The highest BCUT2D eigenvalue weighted by molar-refractivity contribution is 5.80. The van der Waals surface area contributed by atoms with Crippen molar-refractivity contribution in [1.29, 1.82) is 0 Å². The van der Waals surface area contributed by atoms with Crippen molar-refractivity contribution < 1.29 is 124 Å². The number of fused-ring (bicyclic) bond motifs is 7. The van der Waals surface area contributed by atoms with Gasteiger partial charge in [-0.1, -0.05) is 60.1 Å². The first-order valence-corrected chi connectivity index (χ1v) is 30.0. The predicted octanol–water partition coefficient (Wildman–Crippen LogP) is -1.91. The Morgan fingerprint density at radius 1 is 0.554 bits per heavy atom. The average molecular weight is 1190 g/mol. The van der Waals surface area contributed by atoms with Crippen LogP contribution in [-0.4, -0.2) is 251 Å². The molecule has 476 valence electrons. The highest BCUT2D eigenvalue weighted by atomic mass is 16.8. The molecule has 10 rings (SSSR count). The van der Waals surface area contributed by atoms with Gasteiger partial charge in [0, 0.05) is 0 Å². The zero-order valence-corrected chi connectivity index (χ0v) is 49.0. The molecule has 5 saturated heterocycles. The van der Waals surface area contributed by atoms with E-state index in [1.54, 1.807) is 6.92 Å². The second kappa shape index (κ2) is 23.3. The number of esters is 1. The zero-order chi connectivity index (χ0) is 60.6. The van der Waals surface area contributed by atoms with Crippen LogP contribution in [0.15, 0.2) is 11.6 Å². The van der Waals surface area contributed by atoms with Crippen LogP contribution in [-0.2, 0) is 52.2 Å². The molecule has 2 unspecified atom stereocenters. The third kappa shape index (κ3) is 10.6. The van der Waals surface area contributed by atoms with E-state index < -0.39 is 195 Å². The molecule has 10 aliphatic rings. The van der Waals surface area contributed by atoms with E-state index in [1.807, 2.05) is 0 Å². The molecular weight excluding hydrogens is 1100 g/mol. The third-order valence-corrected chi connectivity index (χ3v) is 22.7. The van der Waals surface area contributed by atoms with Crippen LogP contribution in [0.5, 0.6) is 0 Å². The number of aliphatic hydroxyl groups excluding tert-OH is 14. The lowest BCUT2D eigenvalue weighted by molar-refractivity contribution is -0.374. The van der Waals surface area contributed by atoms with Gasteiger partial charge in [0.05, 0.1) is 44.2 Å². The van der Waals surface area contributed by atoms with Gasteiger partial charge in [0.15, 0.2) is 31.3 Å². The van der Waals surface area contributed by atoms with Crippen LogP contribution in [0.25, 0.3) is 0 Å². The lowest BCUT2D eigenvalue weighted by Crippen LogP contribution is -2.68. The molecule has 0 radical (unpaired) electrons. The largest absolute Gasteiger partial charge is 0.432 e. The molecule has 25 heteroatoms. The fraction of sp³-hybridized carbons (Fsp3) is 0.948. The van der Waals surface area contributed by atoms with Crippen LogP contribution in [0.3, 0.4) is 0 Å². The smallest absolute Gasteiger partial charge is 0.317 e. The number of allylic oxidation sites excluding steroid dienone is 2. The first-order chi connectivity index (χ1) is 38.8. The maximum Gasteiger partial charge on any atom is 0.317 e. The molecule has 83 heavy (non-hydrogen) atoms. The van der Waals surface area contributed by atoms with Gasteiger partial charge in [-0.3, -0.25) is 4.79 Å². The Hall–Kier alpha value is -1.71. The molecule has 0 bridgehead atoms. The van der Waals surface area contributed by atoms with Crippen molar-refractivity contribution in [3.63, 3.8) is 0 Å². The number of carbonyl (C=O) groups excluding carboxylic acids is 1. The molecule has 14 N–H and O–H groups in total. The summed E-state index contributed by atoms with van der Waals surface area (Å²) in [7, 11) is 0. The van der Waals surface area contributed by atoms with Gasteiger partial charge in [-0.2, -0.15) is 0 Å². The van der Waals surface area contributed by atoms with Gasteiger partial charge < -0.3 is 119 Å². The van der Waals surface area contributed by atoms with Crippen molar-refractivity contribution in [2.45, 2.75) is 274 Å². The quantitative estimate of drug-likeness (QED) is 0.0610. The Bertz CT molecular complexity index is 2330. The minimum atomic E-state index is -1.93. The second-order valence-corrected chi connectivity index (χ2v) is 28.3. The molecule has 0 aromatic carbocycles. The molecule has 25 nitrogen and oxygen atoms in total. The Kier molecular flexibility index (Phi) is 18.0. The van der Waals surface area contributed by atoms with E-state index in [1.165, 1.54) is 6.92 Å². The Labute approximate surface area is 483 Å². The molecule has 4 saturated carbocycles. The molecule has 5 aliphatic heterocycles. The Morgan fingerprint density at radius 2 is 1.10 bits per heavy atom. The van der Waals surface area contributed by atoms with Gasteiger partial charge in [0.1, 0.15) is 97.0 Å². The topological polar surface area (TPSA) is 393 Å². The molecule has 0 amide bonds. The van der Waals surface area contributed by atoms with Gasteiger partial charge in [0.25, 0.3) is 0 Å². The van der Waals surface area contributed by atoms with Crippen molar-refractivity contribution >= 4 is 5.97 Å². The van der Waals surface area contributed by atoms with Crippen LogP contribution in [0, 0.1) is 50.2 Å². The summed E-state index contributed by atoms with van der Waals surface area (Å²) in [5.74, 6) is -1.00. The van der Waals surface area contributed by atoms with Crippen molar-refractivity contribution in [3.05, 3.63) is 11.6 Å². The van der Waals surface area contributed by atoms with E-state index in [-0.39, 0.29) is 47.5 Å². The van der Waals surface area contributed by atoms with E-state index >= 15 is 4.79 Å². The summed E-state index contributed by atoms with van der Waals surface area (Å²) in [5, 5.41) is 152. The minimum Gasteiger partial charge on any atom is -0.432 e. The molecule has 5 aliphatic carbocycles. The first kappa shape index (κ1) is 64.3. The van der Waals surface area contributed by atoms with E-state index in [0.717, 1.165) is 24.8 Å². The van der Waals surface area contributed by atoms with Gasteiger partial charge in [-0.25, -0.2) is 0 Å². The number of carbonyl (C=O) groups is 1. The number of ether oxygens (including phenoxy) is 10. The molecule has 0 aromatic rings. The van der Waals surface area contributed by atoms with E-state index in [4.69, 9.17) is 47.4 Å². The minimum absolute atomic E-state index is 0.129. The fourth-order valence-electron chi connectivity index (χ4n) is 17.5. The standard InChI is InChI=1S/C58H94O25/c1-23-44(80-47-40(69)34(63)27(60)21-74-47)38(67)42(71)48(76-23)79-33-13-14-55(7)30(54(33,5)6)12-15-56(8)31(55)11-10-25-26-18-53(3,4)16-17-58(26,32(62)19-57(25,56)9)52(73)83-51-46(35(64)28(61)22-75-51)82-49-43(72)39(68)45(24(2)77-49)81-50-41(70)37(66)36(65)29(20-59)78-50/h10,23-24,26-51,59-72H,11-22H2,1-9H3/t23-,24-,26-,27+,28-,29+,30-,31?,32+,33?,34-,35-,36+,37-,38-,39-,40+,41+,42+,43+,44-,45-,46+,47-,48-,49-,50-,51+,55-,56+,57+,58+/m0/s1. The first-order valence-electron chi connectivity index (χ1n) is 30.0. The maximum atomic E-state index is 15.4. The van der Waals surface area contributed by atoms with Gasteiger partial charge >= 0.3 is 5.97 Å². The SMILES string of the molecule is C[C@@H]1O[C@@H](O[C@H]2[C@@H](OC(=O)[C@]34CCC(C)(C)C[C@H]3C3=CCC5[C@@]6(C)CCC(O[C@@H]7O[C@@H](C)[C@H](O[C@@H]8OC[C@@H](O)[C@H](O)[C@H]8O)[C@@H](O)[C@H]7O)C(C)(C)[C@@H]6CC[C@@]5(C)[C@]3(C)C[C@H]4O)OC[C@H](O)[C@@H]2O)[C@H](O)[C@H](O)[C@H]1O[C@@H]1O[C@H](CO)[C@@H](O)[C@H](O)[C@H]1O. The molecule has 5 heterocycles. The van der Waals surface area contributed by atoms with Crippen molar-refractivity contribution in [1.82, 2.24) is 0 Å². The van der Waals surface area contributed by atoms with E-state index in [9.17, 15) is 71.5 Å². The van der Waals surface area contributed by atoms with Crippen LogP contribution < -0.4 is 0 Å². The van der Waals surface area contributed by atoms with Gasteiger partial charge in [-0.15, -0.1) is 0 Å². The maximum absolute atomic E-state index is 15.4. The average Bonchev–Trinajstić information content (AvgIpc) is 3.53. The van der Waals surface area contributed by atoms with Crippen molar-refractivity contribution in [2.24, 2.45) is 50.2 Å².